The fourth-order valence-electron chi connectivity index (χ4n) is 1.25. The van der Waals surface area contributed by atoms with Crippen molar-refractivity contribution in [2.24, 2.45) is 0 Å². The number of aryl methyl sites for hydroxylation is 1. The molecule has 1 rings (SSSR count). The fourth-order valence-corrected chi connectivity index (χ4v) is 1.25. The Bertz CT molecular complexity index is 378. The van der Waals surface area contributed by atoms with E-state index in [1.54, 1.807) is 6.92 Å². The molecule has 1 N–H and O–H groups in total. The van der Waals surface area contributed by atoms with Crippen LogP contribution in [-0.2, 0) is 17.6 Å². The van der Waals surface area contributed by atoms with E-state index in [0.717, 1.165) is 0 Å². The second-order valence-corrected chi connectivity index (χ2v) is 3.26. The van der Waals surface area contributed by atoms with Gasteiger partial charge in [-0.1, -0.05) is 6.92 Å². The number of alkyl halides is 2. The van der Waals surface area contributed by atoms with Crippen molar-refractivity contribution in [1.82, 2.24) is 4.98 Å². The standard InChI is InChI=1S/C10H13F2NO4/c1-2-6-9(10(14)15)17-8(13-6)3-4-16-5-7(11)12/h7H,2-5H2,1H3,(H,14,15). The Morgan fingerprint density at radius 3 is 2.76 bits per heavy atom. The van der Waals surface area contributed by atoms with Crippen LogP contribution in [0.5, 0.6) is 0 Å². The zero-order valence-electron chi connectivity index (χ0n) is 9.28. The van der Waals surface area contributed by atoms with Gasteiger partial charge < -0.3 is 14.3 Å². The molecule has 0 radical (unpaired) electrons. The largest absolute Gasteiger partial charge is 0.475 e. The number of oxazole rings is 1. The topological polar surface area (TPSA) is 72.6 Å². The summed E-state index contributed by atoms with van der Waals surface area (Å²) in [5.41, 5.74) is 0.348. The van der Waals surface area contributed by atoms with Gasteiger partial charge >= 0.3 is 5.97 Å². The molecule has 0 fully saturated rings. The predicted molar refractivity (Wildman–Crippen MR) is 53.4 cm³/mol. The van der Waals surface area contributed by atoms with Crippen molar-refractivity contribution in [3.05, 3.63) is 17.3 Å². The molecular weight excluding hydrogens is 236 g/mol. The van der Waals surface area contributed by atoms with Gasteiger partial charge in [-0.15, -0.1) is 0 Å². The van der Waals surface area contributed by atoms with Gasteiger partial charge in [0.15, 0.2) is 5.89 Å². The molecule has 0 aliphatic carbocycles. The van der Waals surface area contributed by atoms with E-state index in [2.05, 4.69) is 9.72 Å². The van der Waals surface area contributed by atoms with E-state index in [4.69, 9.17) is 9.52 Å². The molecule has 7 heteroatoms. The lowest BCUT2D eigenvalue weighted by molar-refractivity contribution is 0.0173. The highest BCUT2D eigenvalue weighted by Gasteiger charge is 2.17. The van der Waals surface area contributed by atoms with Crippen LogP contribution in [-0.4, -0.2) is 35.7 Å². The third-order valence-electron chi connectivity index (χ3n) is 1.97. The number of aromatic carboxylic acids is 1. The third kappa shape index (κ3) is 4.10. The molecule has 0 aliphatic heterocycles. The molecule has 0 aliphatic rings. The van der Waals surface area contributed by atoms with E-state index >= 15 is 0 Å². The summed E-state index contributed by atoms with van der Waals surface area (Å²) < 4.78 is 33.1. The van der Waals surface area contributed by atoms with Crippen LogP contribution in [0.25, 0.3) is 0 Å². The number of ether oxygens (including phenoxy) is 1. The average molecular weight is 249 g/mol. The van der Waals surface area contributed by atoms with Gasteiger partial charge in [-0.3, -0.25) is 0 Å². The van der Waals surface area contributed by atoms with Crippen LogP contribution in [0.1, 0.15) is 29.1 Å². The van der Waals surface area contributed by atoms with Crippen LogP contribution < -0.4 is 0 Å². The first-order valence-electron chi connectivity index (χ1n) is 5.12. The average Bonchev–Trinajstić information content (AvgIpc) is 2.67. The highest BCUT2D eigenvalue weighted by molar-refractivity contribution is 5.85. The SMILES string of the molecule is CCc1nc(CCOCC(F)F)oc1C(=O)O. The Hall–Kier alpha value is -1.50. The number of carboxylic acids is 1. The molecule has 96 valence electrons. The van der Waals surface area contributed by atoms with Crippen LogP contribution in [0.15, 0.2) is 4.42 Å². The molecule has 0 saturated carbocycles. The lowest BCUT2D eigenvalue weighted by Crippen LogP contribution is -2.07. The molecule has 0 atom stereocenters. The Morgan fingerprint density at radius 2 is 2.29 bits per heavy atom. The monoisotopic (exact) mass is 249 g/mol. The van der Waals surface area contributed by atoms with E-state index < -0.39 is 19.0 Å². The number of halogens is 2. The molecule has 1 aromatic rings. The van der Waals surface area contributed by atoms with Crippen LogP contribution in [0.4, 0.5) is 8.78 Å². The Kier molecular flexibility index (Phi) is 5.02. The van der Waals surface area contributed by atoms with Crippen LogP contribution >= 0.6 is 0 Å². The molecule has 1 aromatic heterocycles. The Balaban J connectivity index is 2.51. The molecule has 17 heavy (non-hydrogen) atoms. The molecule has 0 spiro atoms. The van der Waals surface area contributed by atoms with E-state index in [1.807, 2.05) is 0 Å². The van der Waals surface area contributed by atoms with Gasteiger partial charge in [0.25, 0.3) is 6.43 Å². The van der Waals surface area contributed by atoms with Crippen molar-refractivity contribution >= 4 is 5.97 Å². The molecule has 0 unspecified atom stereocenters. The van der Waals surface area contributed by atoms with Crippen molar-refractivity contribution in [3.8, 4) is 0 Å². The second-order valence-electron chi connectivity index (χ2n) is 3.26. The molecule has 0 saturated heterocycles. The van der Waals surface area contributed by atoms with Gasteiger partial charge in [-0.05, 0) is 6.42 Å². The van der Waals surface area contributed by atoms with Crippen molar-refractivity contribution in [3.63, 3.8) is 0 Å². The maximum absolute atomic E-state index is 11.7. The minimum absolute atomic E-state index is 0.0209. The first-order chi connectivity index (χ1) is 8.04. The molecule has 5 nitrogen and oxygen atoms in total. The van der Waals surface area contributed by atoms with Crippen molar-refractivity contribution in [2.45, 2.75) is 26.2 Å². The van der Waals surface area contributed by atoms with E-state index in [0.29, 0.717) is 12.1 Å². The summed E-state index contributed by atoms with van der Waals surface area (Å²) in [5.74, 6) is -1.20. The van der Waals surface area contributed by atoms with Crippen molar-refractivity contribution in [2.75, 3.05) is 13.2 Å². The van der Waals surface area contributed by atoms with Gasteiger partial charge in [-0.2, -0.15) is 0 Å². The van der Waals surface area contributed by atoms with Crippen LogP contribution in [0.2, 0.25) is 0 Å². The molecule has 1 heterocycles. The molecule has 0 bridgehead atoms. The van der Waals surface area contributed by atoms with Gasteiger partial charge in [0, 0.05) is 6.42 Å². The number of nitrogens with zero attached hydrogens (tertiary/aromatic N) is 1. The summed E-state index contributed by atoms with van der Waals surface area (Å²) in [6.07, 6.45) is -1.91. The first-order valence-corrected chi connectivity index (χ1v) is 5.12. The number of hydrogen-bond donors (Lipinski definition) is 1. The Morgan fingerprint density at radius 1 is 1.59 bits per heavy atom. The lowest BCUT2D eigenvalue weighted by Gasteiger charge is -2.00. The summed E-state index contributed by atoms with van der Waals surface area (Å²) >= 11 is 0. The minimum atomic E-state index is -2.51. The number of rotatable bonds is 7. The molecule has 0 aromatic carbocycles. The van der Waals surface area contributed by atoms with Gasteiger partial charge in [-0.25, -0.2) is 18.6 Å². The van der Waals surface area contributed by atoms with E-state index in [-0.39, 0.29) is 24.7 Å². The normalized spacial score (nSPS) is 11.1. The number of hydrogen-bond acceptors (Lipinski definition) is 4. The van der Waals surface area contributed by atoms with E-state index in [9.17, 15) is 13.6 Å². The van der Waals surface area contributed by atoms with Crippen molar-refractivity contribution in [1.29, 1.82) is 0 Å². The number of aromatic nitrogens is 1. The summed E-state index contributed by atoms with van der Waals surface area (Å²) in [6, 6.07) is 0. The minimum Gasteiger partial charge on any atom is -0.475 e. The predicted octanol–water partition coefficient (Wildman–Crippen LogP) is 1.76. The van der Waals surface area contributed by atoms with Gasteiger partial charge in [0.2, 0.25) is 5.76 Å². The number of carbonyl (C=O) groups is 1. The summed E-state index contributed by atoms with van der Waals surface area (Å²) in [7, 11) is 0. The highest BCUT2D eigenvalue weighted by Crippen LogP contribution is 2.12. The first kappa shape index (κ1) is 13.6. The van der Waals surface area contributed by atoms with Gasteiger partial charge in [0.05, 0.1) is 12.3 Å². The lowest BCUT2D eigenvalue weighted by atomic mass is 10.3. The Labute approximate surface area is 96.4 Å². The van der Waals surface area contributed by atoms with E-state index in [1.165, 1.54) is 0 Å². The molecule has 0 amide bonds. The van der Waals surface area contributed by atoms with Gasteiger partial charge in [0.1, 0.15) is 6.61 Å². The highest BCUT2D eigenvalue weighted by atomic mass is 19.3. The second kappa shape index (κ2) is 6.29. The van der Waals surface area contributed by atoms with Crippen LogP contribution in [0, 0.1) is 0 Å². The smallest absolute Gasteiger partial charge is 0.373 e. The maximum Gasteiger partial charge on any atom is 0.373 e. The number of carboxylic acid groups (broad SMARTS) is 1. The zero-order valence-corrected chi connectivity index (χ0v) is 9.28. The van der Waals surface area contributed by atoms with Crippen LogP contribution in [0.3, 0.4) is 0 Å². The zero-order chi connectivity index (χ0) is 12.8. The quantitative estimate of drug-likeness (QED) is 0.745. The third-order valence-corrected chi connectivity index (χ3v) is 1.97. The summed E-state index contributed by atoms with van der Waals surface area (Å²) in [6.45, 7) is 1.13. The summed E-state index contributed by atoms with van der Waals surface area (Å²) in [4.78, 5) is 14.7. The molecular formula is C10H13F2NO4. The van der Waals surface area contributed by atoms with Crippen molar-refractivity contribution < 1.29 is 27.8 Å². The maximum atomic E-state index is 11.7. The fraction of sp³-hybridized carbons (Fsp3) is 0.600. The summed E-state index contributed by atoms with van der Waals surface area (Å²) in [5, 5.41) is 8.79.